The van der Waals surface area contributed by atoms with Crippen LogP contribution in [0.3, 0.4) is 0 Å². The van der Waals surface area contributed by atoms with Crippen LogP contribution < -0.4 is 5.32 Å². The van der Waals surface area contributed by atoms with E-state index in [4.69, 9.17) is 0 Å². The summed E-state index contributed by atoms with van der Waals surface area (Å²) in [6.45, 7) is 4.95. The molecule has 1 atom stereocenters. The fourth-order valence-electron chi connectivity index (χ4n) is 1.25. The first-order valence-corrected chi connectivity index (χ1v) is 4.87. The third kappa shape index (κ3) is 3.59. The first kappa shape index (κ1) is 10.7. The molecule has 0 saturated heterocycles. The number of rotatable bonds is 4. The number of aromatic nitrogens is 1. The van der Waals surface area contributed by atoms with Crippen molar-refractivity contribution in [2.45, 2.75) is 26.3 Å². The molecule has 0 aromatic carbocycles. The molecular formula is C12H16N2. The van der Waals surface area contributed by atoms with Gasteiger partial charge in [0, 0.05) is 31.4 Å². The van der Waals surface area contributed by atoms with Crippen LogP contribution in [0.5, 0.6) is 0 Å². The van der Waals surface area contributed by atoms with Gasteiger partial charge in [-0.2, -0.15) is 0 Å². The van der Waals surface area contributed by atoms with Crippen LogP contribution in [0.2, 0.25) is 0 Å². The van der Waals surface area contributed by atoms with Crippen LogP contribution in [0.4, 0.5) is 0 Å². The number of hydrogen-bond acceptors (Lipinski definition) is 2. The fourth-order valence-corrected chi connectivity index (χ4v) is 1.25. The summed E-state index contributed by atoms with van der Waals surface area (Å²) in [5.41, 5.74) is 1.27. The molecule has 0 amide bonds. The Kier molecular flexibility index (Phi) is 4.74. The van der Waals surface area contributed by atoms with Crippen LogP contribution in [0.15, 0.2) is 24.5 Å². The van der Waals surface area contributed by atoms with Crippen molar-refractivity contribution >= 4 is 0 Å². The average Bonchev–Trinajstić information content (AvgIpc) is 2.25. The summed E-state index contributed by atoms with van der Waals surface area (Å²) in [5, 5.41) is 3.40. The Hall–Kier alpha value is -1.33. The van der Waals surface area contributed by atoms with Crippen molar-refractivity contribution in [2.75, 3.05) is 6.54 Å². The lowest BCUT2D eigenvalue weighted by atomic mass is 10.1. The zero-order valence-corrected chi connectivity index (χ0v) is 8.75. The Morgan fingerprint density at radius 3 is 2.79 bits per heavy atom. The van der Waals surface area contributed by atoms with Gasteiger partial charge in [0.25, 0.3) is 0 Å². The van der Waals surface area contributed by atoms with Gasteiger partial charge in [-0.1, -0.05) is 0 Å². The SMILES string of the molecule is CC#CCCN[C@H](C)c1ccncc1. The first-order chi connectivity index (χ1) is 6.84. The average molecular weight is 188 g/mol. The van der Waals surface area contributed by atoms with Crippen LogP contribution in [-0.2, 0) is 0 Å². The van der Waals surface area contributed by atoms with Crippen molar-refractivity contribution in [2.24, 2.45) is 0 Å². The van der Waals surface area contributed by atoms with Gasteiger partial charge in [0.05, 0.1) is 0 Å². The minimum absolute atomic E-state index is 0.372. The Bertz CT molecular complexity index is 308. The van der Waals surface area contributed by atoms with Crippen LogP contribution in [0.1, 0.15) is 31.9 Å². The summed E-state index contributed by atoms with van der Waals surface area (Å²) >= 11 is 0. The minimum Gasteiger partial charge on any atom is -0.309 e. The maximum Gasteiger partial charge on any atom is 0.0293 e. The van der Waals surface area contributed by atoms with E-state index in [1.807, 2.05) is 31.5 Å². The van der Waals surface area contributed by atoms with E-state index in [2.05, 4.69) is 29.1 Å². The molecule has 2 nitrogen and oxygen atoms in total. The van der Waals surface area contributed by atoms with Gasteiger partial charge < -0.3 is 5.32 Å². The standard InChI is InChI=1S/C12H16N2/c1-3-4-5-8-14-11(2)12-6-9-13-10-7-12/h6-7,9-11,14H,5,8H2,1-2H3/t11-/m1/s1. The summed E-state index contributed by atoms with van der Waals surface area (Å²) in [6.07, 6.45) is 4.55. The molecule has 0 fully saturated rings. The van der Waals surface area contributed by atoms with E-state index in [9.17, 15) is 0 Å². The zero-order valence-electron chi connectivity index (χ0n) is 8.75. The molecule has 0 aliphatic rings. The van der Waals surface area contributed by atoms with E-state index >= 15 is 0 Å². The van der Waals surface area contributed by atoms with E-state index in [0.29, 0.717) is 6.04 Å². The maximum atomic E-state index is 3.99. The van der Waals surface area contributed by atoms with Crippen molar-refractivity contribution in [1.82, 2.24) is 10.3 Å². The van der Waals surface area contributed by atoms with Gasteiger partial charge in [0.2, 0.25) is 0 Å². The van der Waals surface area contributed by atoms with Crippen LogP contribution >= 0.6 is 0 Å². The van der Waals surface area contributed by atoms with Gasteiger partial charge in [-0.3, -0.25) is 4.98 Å². The quantitative estimate of drug-likeness (QED) is 0.578. The molecule has 0 unspecified atom stereocenters. The van der Waals surface area contributed by atoms with Gasteiger partial charge in [0.1, 0.15) is 0 Å². The van der Waals surface area contributed by atoms with Crippen molar-refractivity contribution in [1.29, 1.82) is 0 Å². The number of nitrogens with one attached hydrogen (secondary N) is 1. The highest BCUT2D eigenvalue weighted by Gasteiger charge is 2.01. The lowest BCUT2D eigenvalue weighted by Gasteiger charge is -2.12. The van der Waals surface area contributed by atoms with Gasteiger partial charge in [-0.25, -0.2) is 0 Å². The summed E-state index contributed by atoms with van der Waals surface area (Å²) < 4.78 is 0. The van der Waals surface area contributed by atoms with Gasteiger partial charge in [-0.05, 0) is 31.5 Å². The van der Waals surface area contributed by atoms with E-state index < -0.39 is 0 Å². The number of nitrogens with zero attached hydrogens (tertiary/aromatic N) is 1. The van der Waals surface area contributed by atoms with Crippen molar-refractivity contribution in [3.05, 3.63) is 30.1 Å². The Morgan fingerprint density at radius 1 is 1.43 bits per heavy atom. The molecule has 0 saturated carbocycles. The van der Waals surface area contributed by atoms with Crippen LogP contribution in [-0.4, -0.2) is 11.5 Å². The molecule has 74 valence electrons. The Labute approximate surface area is 85.8 Å². The second-order valence-electron chi connectivity index (χ2n) is 3.13. The Morgan fingerprint density at radius 2 is 2.14 bits per heavy atom. The van der Waals surface area contributed by atoms with E-state index in [-0.39, 0.29) is 0 Å². The molecule has 0 aliphatic carbocycles. The zero-order chi connectivity index (χ0) is 10.2. The van der Waals surface area contributed by atoms with Crippen LogP contribution in [0, 0.1) is 11.8 Å². The molecule has 1 rings (SSSR count). The topological polar surface area (TPSA) is 24.9 Å². The third-order valence-corrected chi connectivity index (χ3v) is 2.08. The molecule has 1 heterocycles. The first-order valence-electron chi connectivity index (χ1n) is 4.87. The molecule has 1 aromatic heterocycles. The summed E-state index contributed by atoms with van der Waals surface area (Å²) in [4.78, 5) is 3.99. The van der Waals surface area contributed by atoms with E-state index in [1.165, 1.54) is 5.56 Å². The highest BCUT2D eigenvalue weighted by molar-refractivity contribution is 5.13. The van der Waals surface area contributed by atoms with Crippen molar-refractivity contribution in [3.63, 3.8) is 0 Å². The fraction of sp³-hybridized carbons (Fsp3) is 0.417. The summed E-state index contributed by atoms with van der Waals surface area (Å²) in [6, 6.07) is 4.43. The molecule has 2 heteroatoms. The molecule has 14 heavy (non-hydrogen) atoms. The minimum atomic E-state index is 0.372. The highest BCUT2D eigenvalue weighted by atomic mass is 14.9. The second-order valence-corrected chi connectivity index (χ2v) is 3.13. The van der Waals surface area contributed by atoms with Gasteiger partial charge in [0.15, 0.2) is 0 Å². The van der Waals surface area contributed by atoms with E-state index in [1.54, 1.807) is 0 Å². The van der Waals surface area contributed by atoms with E-state index in [0.717, 1.165) is 13.0 Å². The normalized spacial score (nSPS) is 11.6. The molecule has 0 radical (unpaired) electrons. The predicted octanol–water partition coefficient (Wildman–Crippen LogP) is 2.15. The third-order valence-electron chi connectivity index (χ3n) is 2.08. The van der Waals surface area contributed by atoms with Crippen molar-refractivity contribution in [3.8, 4) is 11.8 Å². The molecule has 0 spiro atoms. The Balaban J connectivity index is 2.34. The monoisotopic (exact) mass is 188 g/mol. The molecular weight excluding hydrogens is 172 g/mol. The predicted molar refractivity (Wildman–Crippen MR) is 58.7 cm³/mol. The van der Waals surface area contributed by atoms with Crippen LogP contribution in [0.25, 0.3) is 0 Å². The molecule has 0 aliphatic heterocycles. The molecule has 0 bridgehead atoms. The highest BCUT2D eigenvalue weighted by Crippen LogP contribution is 2.09. The lowest BCUT2D eigenvalue weighted by molar-refractivity contribution is 0.583. The van der Waals surface area contributed by atoms with Gasteiger partial charge >= 0.3 is 0 Å². The summed E-state index contributed by atoms with van der Waals surface area (Å²) in [7, 11) is 0. The molecule has 1 N–H and O–H groups in total. The maximum absolute atomic E-state index is 3.99. The number of hydrogen-bond donors (Lipinski definition) is 1. The molecule has 1 aromatic rings. The second kappa shape index (κ2) is 6.17. The number of pyridine rings is 1. The lowest BCUT2D eigenvalue weighted by Crippen LogP contribution is -2.19. The van der Waals surface area contributed by atoms with Gasteiger partial charge in [-0.15, -0.1) is 11.8 Å². The van der Waals surface area contributed by atoms with Crippen molar-refractivity contribution < 1.29 is 0 Å². The largest absolute Gasteiger partial charge is 0.309 e. The summed E-state index contributed by atoms with van der Waals surface area (Å²) in [5.74, 6) is 5.91. The smallest absolute Gasteiger partial charge is 0.0293 e.